The number of likely N-dealkylation sites (N-methyl/N-ethyl adjacent to an activating group) is 1. The van der Waals surface area contributed by atoms with Gasteiger partial charge in [0.2, 0.25) is 0 Å². The number of nitrogens with zero attached hydrogens (tertiary/aromatic N) is 2. The summed E-state index contributed by atoms with van der Waals surface area (Å²) in [5, 5.41) is 3.11. The SMILES string of the molecule is CCCN1c2cc(Cl)c(/C=C3/C(=O)NC(=S)N(C)C3=O)cc2C(C)=CC1(C)C. The summed E-state index contributed by atoms with van der Waals surface area (Å²) >= 11 is 11.6. The van der Waals surface area contributed by atoms with Crippen molar-refractivity contribution in [3.05, 3.63) is 39.9 Å². The van der Waals surface area contributed by atoms with Crippen molar-refractivity contribution in [3.63, 3.8) is 0 Å². The number of fused-ring (bicyclic) bond motifs is 1. The van der Waals surface area contributed by atoms with Crippen LogP contribution in [0.2, 0.25) is 5.02 Å². The Kier molecular flexibility index (Phi) is 5.38. The van der Waals surface area contributed by atoms with E-state index in [9.17, 15) is 9.59 Å². The van der Waals surface area contributed by atoms with Crippen molar-refractivity contribution in [2.75, 3.05) is 18.5 Å². The Balaban J connectivity index is 2.12. The highest BCUT2D eigenvalue weighted by atomic mass is 35.5. The number of thiocarbonyl (C=S) groups is 1. The van der Waals surface area contributed by atoms with Crippen LogP contribution < -0.4 is 10.2 Å². The van der Waals surface area contributed by atoms with Crippen molar-refractivity contribution in [1.82, 2.24) is 10.2 Å². The molecule has 3 rings (SSSR count). The summed E-state index contributed by atoms with van der Waals surface area (Å²) in [6, 6.07) is 3.87. The number of anilines is 1. The molecule has 2 aliphatic heterocycles. The highest BCUT2D eigenvalue weighted by Crippen LogP contribution is 2.42. The first kappa shape index (κ1) is 20.6. The molecule has 0 bridgehead atoms. The summed E-state index contributed by atoms with van der Waals surface area (Å²) in [7, 11) is 1.53. The molecular weight excluding hydrogens is 394 g/mol. The lowest BCUT2D eigenvalue weighted by atomic mass is 9.87. The van der Waals surface area contributed by atoms with Crippen LogP contribution in [0.25, 0.3) is 11.6 Å². The van der Waals surface area contributed by atoms with Crippen molar-refractivity contribution >= 4 is 58.1 Å². The summed E-state index contributed by atoms with van der Waals surface area (Å²) < 4.78 is 0. The average Bonchev–Trinajstić information content (AvgIpc) is 2.60. The molecule has 0 saturated carbocycles. The van der Waals surface area contributed by atoms with Crippen LogP contribution in [0.15, 0.2) is 23.8 Å². The van der Waals surface area contributed by atoms with Gasteiger partial charge in [0.05, 0.1) is 5.54 Å². The molecule has 0 aromatic heterocycles. The molecule has 2 heterocycles. The number of amides is 2. The van der Waals surface area contributed by atoms with Crippen molar-refractivity contribution in [1.29, 1.82) is 0 Å². The van der Waals surface area contributed by atoms with Crippen molar-refractivity contribution in [3.8, 4) is 0 Å². The van der Waals surface area contributed by atoms with E-state index in [4.69, 9.17) is 23.8 Å². The van der Waals surface area contributed by atoms with Crippen LogP contribution in [0.1, 0.15) is 45.2 Å². The Labute approximate surface area is 176 Å². The Morgan fingerprint density at radius 2 is 1.96 bits per heavy atom. The van der Waals surface area contributed by atoms with Gasteiger partial charge in [-0.3, -0.25) is 19.8 Å². The van der Waals surface area contributed by atoms with Crippen LogP contribution in [-0.4, -0.2) is 41.0 Å². The molecule has 0 aliphatic carbocycles. The summed E-state index contributed by atoms with van der Waals surface area (Å²) in [5.74, 6) is -0.952. The first-order chi connectivity index (χ1) is 13.1. The Hall–Kier alpha value is -2.18. The number of benzene rings is 1. The van der Waals surface area contributed by atoms with Gasteiger partial charge >= 0.3 is 0 Å². The van der Waals surface area contributed by atoms with Gasteiger partial charge in [-0.05, 0) is 68.8 Å². The second kappa shape index (κ2) is 7.33. The van der Waals surface area contributed by atoms with Gasteiger partial charge in [0.1, 0.15) is 5.57 Å². The van der Waals surface area contributed by atoms with Crippen LogP contribution in [-0.2, 0) is 9.59 Å². The van der Waals surface area contributed by atoms with E-state index in [-0.39, 0.29) is 16.2 Å². The number of allylic oxidation sites excluding steroid dienone is 1. The number of hydrogen-bond donors (Lipinski definition) is 1. The Morgan fingerprint density at radius 1 is 1.29 bits per heavy atom. The zero-order valence-corrected chi connectivity index (χ0v) is 18.3. The fourth-order valence-electron chi connectivity index (χ4n) is 3.76. The van der Waals surface area contributed by atoms with Crippen LogP contribution in [0.5, 0.6) is 0 Å². The van der Waals surface area contributed by atoms with Crippen LogP contribution in [0.3, 0.4) is 0 Å². The van der Waals surface area contributed by atoms with Gasteiger partial charge in [0.25, 0.3) is 11.8 Å². The smallest absolute Gasteiger partial charge is 0.265 e. The third-order valence-electron chi connectivity index (χ3n) is 5.15. The molecule has 28 heavy (non-hydrogen) atoms. The molecule has 148 valence electrons. The third-order valence-corrected chi connectivity index (χ3v) is 5.85. The largest absolute Gasteiger partial charge is 0.362 e. The summed E-state index contributed by atoms with van der Waals surface area (Å²) in [5.41, 5.74) is 3.79. The minimum atomic E-state index is -0.511. The van der Waals surface area contributed by atoms with Gasteiger partial charge in [-0.15, -0.1) is 0 Å². The molecule has 0 unspecified atom stereocenters. The van der Waals surface area contributed by atoms with Crippen molar-refractivity contribution in [2.45, 2.75) is 39.7 Å². The fourth-order valence-corrected chi connectivity index (χ4v) is 4.15. The molecule has 1 aromatic rings. The monoisotopic (exact) mass is 417 g/mol. The predicted molar refractivity (Wildman–Crippen MR) is 118 cm³/mol. The Bertz CT molecular complexity index is 949. The molecule has 5 nitrogen and oxygen atoms in total. The van der Waals surface area contributed by atoms with Crippen molar-refractivity contribution < 1.29 is 9.59 Å². The number of hydrogen-bond acceptors (Lipinski definition) is 4. The van der Waals surface area contributed by atoms with Gasteiger partial charge in [0, 0.05) is 29.9 Å². The van der Waals surface area contributed by atoms with Gasteiger partial charge < -0.3 is 4.90 Å². The zero-order chi connectivity index (χ0) is 20.8. The maximum atomic E-state index is 12.5. The lowest BCUT2D eigenvalue weighted by Crippen LogP contribution is -2.52. The number of rotatable bonds is 3. The molecule has 0 atom stereocenters. The molecule has 1 saturated heterocycles. The first-order valence-corrected chi connectivity index (χ1v) is 10.0. The maximum Gasteiger partial charge on any atom is 0.265 e. The van der Waals surface area contributed by atoms with E-state index in [1.54, 1.807) is 0 Å². The highest BCUT2D eigenvalue weighted by molar-refractivity contribution is 7.80. The van der Waals surface area contributed by atoms with Crippen LogP contribution in [0, 0.1) is 0 Å². The van der Waals surface area contributed by atoms with E-state index in [0.717, 1.165) is 29.8 Å². The quantitative estimate of drug-likeness (QED) is 0.458. The average molecular weight is 418 g/mol. The third kappa shape index (κ3) is 3.47. The number of carbonyl (C=O) groups is 2. The maximum absolute atomic E-state index is 12.5. The lowest BCUT2D eigenvalue weighted by Gasteiger charge is -2.43. The summed E-state index contributed by atoms with van der Waals surface area (Å²) in [6.07, 6.45) is 4.79. The second-order valence-electron chi connectivity index (χ2n) is 7.70. The lowest BCUT2D eigenvalue weighted by molar-refractivity contribution is -0.128. The van der Waals surface area contributed by atoms with Gasteiger partial charge in [-0.25, -0.2) is 0 Å². The van der Waals surface area contributed by atoms with Gasteiger partial charge in [0.15, 0.2) is 5.11 Å². The molecule has 7 heteroatoms. The van der Waals surface area contributed by atoms with Gasteiger partial charge in [-0.2, -0.15) is 0 Å². The molecular formula is C21H24ClN3O2S. The van der Waals surface area contributed by atoms with E-state index in [1.807, 2.05) is 12.1 Å². The minimum absolute atomic E-state index is 0.0149. The fraction of sp³-hybridized carbons (Fsp3) is 0.381. The standard InChI is InChI=1S/C21H24ClN3O2S/c1-6-7-25-17-10-16(22)13(8-14(17)12(2)11-21(25,3)4)9-15-18(26)23-20(28)24(5)19(15)27/h8-11H,6-7H2,1-5H3,(H,23,26,28)/b15-9-. The molecule has 0 radical (unpaired) electrons. The van der Waals surface area contributed by atoms with E-state index >= 15 is 0 Å². The van der Waals surface area contributed by atoms with Crippen LogP contribution >= 0.6 is 23.8 Å². The zero-order valence-electron chi connectivity index (χ0n) is 16.7. The molecule has 2 amide bonds. The summed E-state index contributed by atoms with van der Waals surface area (Å²) in [4.78, 5) is 28.3. The van der Waals surface area contributed by atoms with E-state index in [2.05, 4.69) is 44.0 Å². The first-order valence-electron chi connectivity index (χ1n) is 9.23. The minimum Gasteiger partial charge on any atom is -0.362 e. The summed E-state index contributed by atoms with van der Waals surface area (Å²) in [6.45, 7) is 9.49. The van der Waals surface area contributed by atoms with Crippen molar-refractivity contribution in [2.24, 2.45) is 0 Å². The number of halogens is 1. The molecule has 1 aromatic carbocycles. The van der Waals surface area contributed by atoms with E-state index in [1.165, 1.54) is 18.0 Å². The topological polar surface area (TPSA) is 52.7 Å². The molecule has 0 spiro atoms. The van der Waals surface area contributed by atoms with Gasteiger partial charge in [-0.1, -0.05) is 24.6 Å². The normalized spacial score (nSPS) is 20.3. The Morgan fingerprint density at radius 3 is 2.61 bits per heavy atom. The van der Waals surface area contributed by atoms with E-state index < -0.39 is 11.8 Å². The molecule has 1 N–H and O–H groups in total. The second-order valence-corrected chi connectivity index (χ2v) is 8.50. The van der Waals surface area contributed by atoms with Crippen LogP contribution in [0.4, 0.5) is 5.69 Å². The molecule has 2 aliphatic rings. The highest BCUT2D eigenvalue weighted by Gasteiger charge is 2.33. The number of carbonyl (C=O) groups excluding carboxylic acids is 2. The number of nitrogens with one attached hydrogen (secondary N) is 1. The molecule has 1 fully saturated rings. The van der Waals surface area contributed by atoms with E-state index in [0.29, 0.717) is 10.6 Å². The predicted octanol–water partition coefficient (Wildman–Crippen LogP) is 4.01.